The van der Waals surface area contributed by atoms with Crippen LogP contribution in [-0.4, -0.2) is 29.1 Å². The van der Waals surface area contributed by atoms with E-state index in [9.17, 15) is 22.8 Å². The van der Waals surface area contributed by atoms with Crippen LogP contribution in [0.3, 0.4) is 0 Å². The number of benzene rings is 2. The second kappa shape index (κ2) is 9.69. The number of rotatable bonds is 7. The topological polar surface area (TPSA) is 105 Å². The van der Waals surface area contributed by atoms with Gasteiger partial charge in [0.15, 0.2) is 11.5 Å². The van der Waals surface area contributed by atoms with Crippen molar-refractivity contribution in [3.63, 3.8) is 0 Å². The fourth-order valence-electron chi connectivity index (χ4n) is 3.91. The third kappa shape index (κ3) is 5.23. The van der Waals surface area contributed by atoms with E-state index in [1.807, 2.05) is 0 Å². The van der Waals surface area contributed by atoms with E-state index >= 15 is 0 Å². The van der Waals surface area contributed by atoms with Crippen molar-refractivity contribution in [2.75, 3.05) is 17.7 Å². The molecular formula is C24H23F3N4O4. The predicted octanol–water partition coefficient (Wildman–Crippen LogP) is 4.84. The second-order valence-corrected chi connectivity index (χ2v) is 7.98. The third-order valence-electron chi connectivity index (χ3n) is 5.69. The molecule has 2 heterocycles. The molecular weight excluding hydrogens is 465 g/mol. The van der Waals surface area contributed by atoms with Crippen molar-refractivity contribution in [1.29, 1.82) is 0 Å². The van der Waals surface area contributed by atoms with E-state index in [4.69, 9.17) is 9.47 Å². The summed E-state index contributed by atoms with van der Waals surface area (Å²) in [6, 6.07) is 8.61. The van der Waals surface area contributed by atoms with Crippen LogP contribution in [0.15, 0.2) is 42.6 Å². The Bertz CT molecular complexity index is 1260. The van der Waals surface area contributed by atoms with Gasteiger partial charge in [0.2, 0.25) is 11.8 Å². The highest BCUT2D eigenvalue weighted by Crippen LogP contribution is 2.40. The Morgan fingerprint density at radius 2 is 2.00 bits per heavy atom. The number of halogens is 3. The Morgan fingerprint density at radius 1 is 1.20 bits per heavy atom. The highest BCUT2D eigenvalue weighted by Gasteiger charge is 2.34. The molecule has 2 aromatic carbocycles. The molecule has 1 aliphatic rings. The smallest absolute Gasteiger partial charge is 0.416 e. The second-order valence-electron chi connectivity index (χ2n) is 7.98. The Labute approximate surface area is 198 Å². The van der Waals surface area contributed by atoms with Crippen molar-refractivity contribution in [2.24, 2.45) is 0 Å². The molecule has 1 aromatic heterocycles. The number of hydrogen-bond donors (Lipinski definition) is 3. The monoisotopic (exact) mass is 488 g/mol. The fraction of sp³-hybridized carbons (Fsp3) is 0.292. The van der Waals surface area contributed by atoms with Gasteiger partial charge in [-0.05, 0) is 29.8 Å². The van der Waals surface area contributed by atoms with Crippen LogP contribution in [-0.2, 0) is 22.4 Å². The van der Waals surface area contributed by atoms with Crippen molar-refractivity contribution >= 4 is 23.3 Å². The van der Waals surface area contributed by atoms with E-state index in [-0.39, 0.29) is 54.2 Å². The number of carbonyl (C=O) groups excluding carboxylic acids is 2. The molecule has 2 amide bonds. The molecule has 0 saturated heterocycles. The SMILES string of the molecule is CCC(=O)Nc1ccc(COc2ccc(C3CC(=O)Nc4[nH]ncc43)cc2OC)c(C(F)(F)F)c1. The zero-order chi connectivity index (χ0) is 25.2. The number of nitrogens with zero attached hydrogens (tertiary/aromatic N) is 1. The number of nitrogens with one attached hydrogen (secondary N) is 3. The zero-order valence-corrected chi connectivity index (χ0v) is 19.0. The Hall–Kier alpha value is -4.02. The molecule has 0 spiro atoms. The van der Waals surface area contributed by atoms with Crippen LogP contribution < -0.4 is 20.1 Å². The summed E-state index contributed by atoms with van der Waals surface area (Å²) in [4.78, 5) is 23.6. The number of anilines is 2. The largest absolute Gasteiger partial charge is 0.493 e. The molecule has 0 fully saturated rings. The molecule has 0 bridgehead atoms. The van der Waals surface area contributed by atoms with Gasteiger partial charge in [0.05, 0.1) is 18.9 Å². The van der Waals surface area contributed by atoms with Gasteiger partial charge < -0.3 is 20.1 Å². The van der Waals surface area contributed by atoms with Gasteiger partial charge in [-0.3, -0.25) is 14.7 Å². The number of aromatic nitrogens is 2. The number of ether oxygens (including phenoxy) is 2. The van der Waals surface area contributed by atoms with Crippen LogP contribution in [0.4, 0.5) is 24.7 Å². The van der Waals surface area contributed by atoms with Gasteiger partial charge in [-0.25, -0.2) is 0 Å². The molecule has 1 atom stereocenters. The van der Waals surface area contributed by atoms with Crippen molar-refractivity contribution < 1.29 is 32.2 Å². The Balaban J connectivity index is 1.57. The molecule has 0 saturated carbocycles. The predicted molar refractivity (Wildman–Crippen MR) is 121 cm³/mol. The van der Waals surface area contributed by atoms with E-state index in [2.05, 4.69) is 20.8 Å². The minimum atomic E-state index is -4.64. The van der Waals surface area contributed by atoms with Crippen LogP contribution >= 0.6 is 0 Å². The standard InChI is InChI=1S/C24H23F3N4O4/c1-3-21(32)29-15-6-4-14(18(9-15)24(25,26)27)12-35-19-7-5-13(8-20(19)34-2)16-10-22(33)30-23-17(16)11-28-31-23/h4-9,11,16H,3,10,12H2,1-2H3,(H,29,32)(H2,28,30,31,33). The summed E-state index contributed by atoms with van der Waals surface area (Å²) in [7, 11) is 1.43. The van der Waals surface area contributed by atoms with E-state index in [1.54, 1.807) is 31.3 Å². The van der Waals surface area contributed by atoms with Crippen LogP contribution in [0.5, 0.6) is 11.5 Å². The van der Waals surface area contributed by atoms with Crippen LogP contribution in [0.1, 0.15) is 47.9 Å². The normalized spacial score (nSPS) is 15.2. The first-order chi connectivity index (χ1) is 16.7. The minimum Gasteiger partial charge on any atom is -0.493 e. The summed E-state index contributed by atoms with van der Waals surface area (Å²) in [6.07, 6.45) is -2.63. The molecule has 8 nitrogen and oxygen atoms in total. The summed E-state index contributed by atoms with van der Waals surface area (Å²) in [6.45, 7) is 1.24. The lowest BCUT2D eigenvalue weighted by Gasteiger charge is -2.23. The number of methoxy groups -OCH3 is 1. The average molecular weight is 488 g/mol. The first kappa shape index (κ1) is 24.1. The van der Waals surface area contributed by atoms with Gasteiger partial charge in [0.1, 0.15) is 12.4 Å². The quantitative estimate of drug-likeness (QED) is 0.442. The first-order valence-electron chi connectivity index (χ1n) is 10.8. The van der Waals surface area contributed by atoms with E-state index in [1.165, 1.54) is 19.2 Å². The van der Waals surface area contributed by atoms with Crippen molar-refractivity contribution in [2.45, 2.75) is 38.5 Å². The molecule has 1 aliphatic heterocycles. The van der Waals surface area contributed by atoms with Crippen molar-refractivity contribution in [3.8, 4) is 11.5 Å². The number of alkyl halides is 3. The molecule has 3 aromatic rings. The van der Waals surface area contributed by atoms with E-state index in [0.29, 0.717) is 11.6 Å². The van der Waals surface area contributed by atoms with Gasteiger partial charge >= 0.3 is 6.18 Å². The summed E-state index contributed by atoms with van der Waals surface area (Å²) in [5.41, 5.74) is 0.668. The molecule has 4 rings (SSSR count). The number of fused-ring (bicyclic) bond motifs is 1. The summed E-state index contributed by atoms with van der Waals surface area (Å²) in [5.74, 6) is 0.292. The maximum absolute atomic E-state index is 13.7. The van der Waals surface area contributed by atoms with Crippen molar-refractivity contribution in [3.05, 3.63) is 64.8 Å². The van der Waals surface area contributed by atoms with Gasteiger partial charge in [-0.15, -0.1) is 0 Å². The highest BCUT2D eigenvalue weighted by atomic mass is 19.4. The van der Waals surface area contributed by atoms with Gasteiger partial charge in [-0.1, -0.05) is 19.1 Å². The summed E-state index contributed by atoms with van der Waals surface area (Å²) < 4.78 is 52.1. The Morgan fingerprint density at radius 3 is 2.71 bits per heavy atom. The number of H-pyrrole nitrogens is 1. The van der Waals surface area contributed by atoms with Crippen LogP contribution in [0.25, 0.3) is 0 Å². The lowest BCUT2D eigenvalue weighted by atomic mass is 9.87. The molecule has 0 aliphatic carbocycles. The van der Waals surface area contributed by atoms with Gasteiger partial charge in [0.25, 0.3) is 0 Å². The average Bonchev–Trinajstić information content (AvgIpc) is 3.30. The molecule has 1 unspecified atom stereocenters. The highest BCUT2D eigenvalue weighted by molar-refractivity contribution is 5.94. The summed E-state index contributed by atoms with van der Waals surface area (Å²) in [5, 5.41) is 11.9. The van der Waals surface area contributed by atoms with E-state index < -0.39 is 11.7 Å². The van der Waals surface area contributed by atoms with Gasteiger partial charge in [-0.2, -0.15) is 18.3 Å². The maximum atomic E-state index is 13.7. The lowest BCUT2D eigenvalue weighted by molar-refractivity contribution is -0.138. The maximum Gasteiger partial charge on any atom is 0.416 e. The fourth-order valence-corrected chi connectivity index (χ4v) is 3.91. The molecule has 184 valence electrons. The third-order valence-corrected chi connectivity index (χ3v) is 5.69. The van der Waals surface area contributed by atoms with Crippen molar-refractivity contribution in [1.82, 2.24) is 10.2 Å². The van der Waals surface area contributed by atoms with E-state index in [0.717, 1.165) is 17.2 Å². The Kier molecular flexibility index (Phi) is 6.68. The van der Waals surface area contributed by atoms with Crippen LogP contribution in [0.2, 0.25) is 0 Å². The number of amides is 2. The lowest BCUT2D eigenvalue weighted by Crippen LogP contribution is -2.23. The zero-order valence-electron chi connectivity index (χ0n) is 19.0. The van der Waals surface area contributed by atoms with Gasteiger partial charge in [0, 0.05) is 35.6 Å². The molecule has 0 radical (unpaired) electrons. The van der Waals surface area contributed by atoms with Crippen LogP contribution in [0, 0.1) is 0 Å². The number of aromatic amines is 1. The first-order valence-corrected chi connectivity index (χ1v) is 10.8. The molecule has 11 heteroatoms. The number of carbonyl (C=O) groups is 2. The minimum absolute atomic E-state index is 0.0602. The molecule has 3 N–H and O–H groups in total. The summed E-state index contributed by atoms with van der Waals surface area (Å²) >= 11 is 0. The number of hydrogen-bond acceptors (Lipinski definition) is 5. The molecule has 35 heavy (non-hydrogen) atoms.